The molecular weight excluding hydrogens is 242 g/mol. The van der Waals surface area contributed by atoms with Crippen molar-refractivity contribution in [2.24, 2.45) is 0 Å². The Kier molecular flexibility index (Phi) is 3.73. The number of aromatic nitrogens is 1. The maximum Gasteiger partial charge on any atom is 0.0273 e. The number of hydrogen-bond acceptors (Lipinski definition) is 1. The molecule has 1 heterocycles. The van der Waals surface area contributed by atoms with Gasteiger partial charge in [0.2, 0.25) is 0 Å². The van der Waals surface area contributed by atoms with Crippen molar-refractivity contribution in [1.82, 2.24) is 4.98 Å². The van der Waals surface area contributed by atoms with Crippen LogP contribution in [0.15, 0.2) is 42.7 Å². The molecule has 0 N–H and O–H groups in total. The second kappa shape index (κ2) is 5.05. The van der Waals surface area contributed by atoms with Gasteiger partial charge in [-0.15, -0.1) is 0 Å². The van der Waals surface area contributed by atoms with E-state index >= 15 is 0 Å². The van der Waals surface area contributed by atoms with Crippen LogP contribution in [0.1, 0.15) is 52.7 Å². The maximum absolute atomic E-state index is 4.11. The first-order chi connectivity index (χ1) is 9.18. The average Bonchev–Trinajstić information content (AvgIpc) is 2.37. The Morgan fingerprint density at radius 3 is 1.50 bits per heavy atom. The van der Waals surface area contributed by atoms with E-state index in [-0.39, 0.29) is 10.8 Å². The van der Waals surface area contributed by atoms with Crippen molar-refractivity contribution >= 4 is 0 Å². The molecule has 1 nitrogen and oxygen atoms in total. The molecule has 2 rings (SSSR count). The summed E-state index contributed by atoms with van der Waals surface area (Å²) in [6.07, 6.45) is 3.71. The molecule has 0 saturated carbocycles. The molecule has 0 amide bonds. The monoisotopic (exact) mass is 267 g/mol. The van der Waals surface area contributed by atoms with Gasteiger partial charge >= 0.3 is 0 Å². The van der Waals surface area contributed by atoms with Gasteiger partial charge in [-0.25, -0.2) is 0 Å². The first kappa shape index (κ1) is 14.8. The molecule has 0 spiro atoms. The van der Waals surface area contributed by atoms with Gasteiger partial charge in [-0.2, -0.15) is 0 Å². The summed E-state index contributed by atoms with van der Waals surface area (Å²) >= 11 is 0. The van der Waals surface area contributed by atoms with Crippen molar-refractivity contribution in [2.75, 3.05) is 0 Å². The molecule has 0 saturated heterocycles. The van der Waals surface area contributed by atoms with Crippen molar-refractivity contribution in [3.05, 3.63) is 53.9 Å². The standard InChI is InChI=1S/C19H25N/c1-18(2,3)16-11-15(14-7-9-20-10-8-14)12-17(13-16)19(4,5)6/h7-13H,1-6H3. The molecular formula is C19H25N. The summed E-state index contributed by atoms with van der Waals surface area (Å²) in [5, 5.41) is 0. The quantitative estimate of drug-likeness (QED) is 0.679. The van der Waals surface area contributed by atoms with E-state index in [4.69, 9.17) is 0 Å². The normalized spacial score (nSPS) is 12.5. The number of benzene rings is 1. The fourth-order valence-electron chi connectivity index (χ4n) is 2.20. The van der Waals surface area contributed by atoms with Gasteiger partial charge in [0.15, 0.2) is 0 Å². The summed E-state index contributed by atoms with van der Waals surface area (Å²) in [7, 11) is 0. The third-order valence-corrected chi connectivity index (χ3v) is 3.68. The lowest BCUT2D eigenvalue weighted by Gasteiger charge is -2.26. The van der Waals surface area contributed by atoms with Crippen LogP contribution in [0.2, 0.25) is 0 Å². The molecule has 1 aromatic carbocycles. The smallest absolute Gasteiger partial charge is 0.0273 e. The zero-order valence-electron chi connectivity index (χ0n) is 13.5. The van der Waals surface area contributed by atoms with E-state index in [0.717, 1.165) is 0 Å². The van der Waals surface area contributed by atoms with E-state index < -0.39 is 0 Å². The van der Waals surface area contributed by atoms with Crippen molar-refractivity contribution in [3.63, 3.8) is 0 Å². The Hall–Kier alpha value is -1.63. The minimum atomic E-state index is 0.156. The van der Waals surface area contributed by atoms with Crippen molar-refractivity contribution in [2.45, 2.75) is 52.4 Å². The number of rotatable bonds is 1. The molecule has 0 fully saturated rings. The summed E-state index contributed by atoms with van der Waals surface area (Å²) < 4.78 is 0. The number of pyridine rings is 1. The fraction of sp³-hybridized carbons (Fsp3) is 0.421. The highest BCUT2D eigenvalue weighted by Gasteiger charge is 2.20. The minimum Gasteiger partial charge on any atom is -0.265 e. The molecule has 106 valence electrons. The second-order valence-corrected chi connectivity index (χ2v) is 7.53. The molecule has 1 heteroatoms. The van der Waals surface area contributed by atoms with Crippen molar-refractivity contribution in [3.8, 4) is 11.1 Å². The zero-order valence-corrected chi connectivity index (χ0v) is 13.5. The van der Waals surface area contributed by atoms with Gasteiger partial charge in [0.25, 0.3) is 0 Å². The predicted octanol–water partition coefficient (Wildman–Crippen LogP) is 5.34. The average molecular weight is 267 g/mol. The molecule has 0 bridgehead atoms. The Morgan fingerprint density at radius 2 is 1.10 bits per heavy atom. The Bertz CT molecular complexity index is 551. The van der Waals surface area contributed by atoms with Gasteiger partial charge in [0.1, 0.15) is 0 Å². The molecule has 0 aliphatic heterocycles. The van der Waals surface area contributed by atoms with Crippen LogP contribution < -0.4 is 0 Å². The first-order valence-electron chi connectivity index (χ1n) is 7.24. The lowest BCUT2D eigenvalue weighted by Crippen LogP contribution is -2.16. The van der Waals surface area contributed by atoms with E-state index in [2.05, 4.69) is 76.9 Å². The van der Waals surface area contributed by atoms with Gasteiger partial charge < -0.3 is 0 Å². The third-order valence-electron chi connectivity index (χ3n) is 3.68. The highest BCUT2D eigenvalue weighted by molar-refractivity contribution is 5.65. The van der Waals surface area contributed by atoms with E-state index in [0.29, 0.717) is 0 Å². The number of hydrogen-bond donors (Lipinski definition) is 0. The Balaban J connectivity index is 2.64. The van der Waals surface area contributed by atoms with E-state index in [1.54, 1.807) is 0 Å². The molecule has 0 aliphatic carbocycles. The van der Waals surface area contributed by atoms with E-state index in [9.17, 15) is 0 Å². The van der Waals surface area contributed by atoms with Gasteiger partial charge in [0, 0.05) is 12.4 Å². The summed E-state index contributed by atoms with van der Waals surface area (Å²) in [5.74, 6) is 0. The van der Waals surface area contributed by atoms with Gasteiger partial charge in [-0.3, -0.25) is 4.98 Å². The van der Waals surface area contributed by atoms with Gasteiger partial charge in [0.05, 0.1) is 0 Å². The van der Waals surface area contributed by atoms with Gasteiger partial charge in [-0.05, 0) is 45.2 Å². The van der Waals surface area contributed by atoms with Crippen LogP contribution in [-0.2, 0) is 10.8 Å². The number of nitrogens with zero attached hydrogens (tertiary/aromatic N) is 1. The molecule has 0 atom stereocenters. The van der Waals surface area contributed by atoms with E-state index in [1.165, 1.54) is 22.3 Å². The van der Waals surface area contributed by atoms with Crippen LogP contribution in [-0.4, -0.2) is 4.98 Å². The van der Waals surface area contributed by atoms with Crippen LogP contribution in [0.4, 0.5) is 0 Å². The minimum absolute atomic E-state index is 0.156. The highest BCUT2D eigenvalue weighted by atomic mass is 14.6. The summed E-state index contributed by atoms with van der Waals surface area (Å²) in [5.41, 5.74) is 5.60. The lowest BCUT2D eigenvalue weighted by molar-refractivity contribution is 0.569. The molecule has 0 unspecified atom stereocenters. The Morgan fingerprint density at radius 1 is 0.650 bits per heavy atom. The predicted molar refractivity (Wildman–Crippen MR) is 87.1 cm³/mol. The zero-order chi connectivity index (χ0) is 15.0. The molecule has 2 aromatic rings. The largest absolute Gasteiger partial charge is 0.265 e. The van der Waals surface area contributed by atoms with Gasteiger partial charge in [-0.1, -0.05) is 59.7 Å². The van der Waals surface area contributed by atoms with Crippen LogP contribution in [0.25, 0.3) is 11.1 Å². The third kappa shape index (κ3) is 3.27. The highest BCUT2D eigenvalue weighted by Crippen LogP contribution is 2.33. The van der Waals surface area contributed by atoms with Crippen LogP contribution in [0, 0.1) is 0 Å². The summed E-state index contributed by atoms with van der Waals surface area (Å²) in [6.45, 7) is 13.6. The summed E-state index contributed by atoms with van der Waals surface area (Å²) in [6, 6.07) is 11.1. The second-order valence-electron chi connectivity index (χ2n) is 7.53. The molecule has 1 aromatic heterocycles. The lowest BCUT2D eigenvalue weighted by atomic mass is 9.79. The SMILES string of the molecule is CC(C)(C)c1cc(-c2ccncc2)cc(C(C)(C)C)c1. The van der Waals surface area contributed by atoms with Crippen LogP contribution in [0.3, 0.4) is 0 Å². The molecule has 0 aliphatic rings. The van der Waals surface area contributed by atoms with Crippen molar-refractivity contribution < 1.29 is 0 Å². The van der Waals surface area contributed by atoms with E-state index in [1.807, 2.05) is 12.4 Å². The van der Waals surface area contributed by atoms with Crippen LogP contribution >= 0.6 is 0 Å². The summed E-state index contributed by atoms with van der Waals surface area (Å²) in [4.78, 5) is 4.11. The fourth-order valence-corrected chi connectivity index (χ4v) is 2.20. The Labute approximate surface area is 123 Å². The topological polar surface area (TPSA) is 12.9 Å². The molecule has 20 heavy (non-hydrogen) atoms. The molecule has 0 radical (unpaired) electrons. The first-order valence-corrected chi connectivity index (χ1v) is 7.24. The van der Waals surface area contributed by atoms with Crippen molar-refractivity contribution in [1.29, 1.82) is 0 Å². The van der Waals surface area contributed by atoms with Crippen LogP contribution in [0.5, 0.6) is 0 Å². The maximum atomic E-state index is 4.11.